The number of amides is 1. The average molecular weight is 416 g/mol. The molecule has 1 heterocycles. The predicted octanol–water partition coefficient (Wildman–Crippen LogP) is 6.48. The highest BCUT2D eigenvalue weighted by Crippen LogP contribution is 2.47. The van der Waals surface area contributed by atoms with Crippen LogP contribution in [0.2, 0.25) is 0 Å². The standard InChI is InChI=1S/C23H17ClF3NO/c1-14(24)13-28-20-11-10-15-6-2-3-7-16(15)22(20)18(12-21(28)29)17-8-4-5-9-19(17)23(25,26)27/h2-11,18H,1,12-13H2. The van der Waals surface area contributed by atoms with Gasteiger partial charge in [0.25, 0.3) is 0 Å². The average Bonchev–Trinajstić information content (AvgIpc) is 2.68. The summed E-state index contributed by atoms with van der Waals surface area (Å²) in [5, 5.41) is 2.01. The van der Waals surface area contributed by atoms with Crippen molar-refractivity contribution in [3.63, 3.8) is 0 Å². The minimum absolute atomic E-state index is 0.0712. The summed E-state index contributed by atoms with van der Waals surface area (Å²) in [6, 6.07) is 16.6. The molecule has 4 rings (SSSR count). The van der Waals surface area contributed by atoms with E-state index in [0.29, 0.717) is 11.3 Å². The Morgan fingerprint density at radius 1 is 1.07 bits per heavy atom. The lowest BCUT2D eigenvalue weighted by molar-refractivity contribution is -0.138. The molecule has 3 aromatic rings. The smallest absolute Gasteiger partial charge is 0.307 e. The number of rotatable bonds is 3. The summed E-state index contributed by atoms with van der Waals surface area (Å²) in [5.74, 6) is -0.988. The van der Waals surface area contributed by atoms with Gasteiger partial charge in [0.05, 0.1) is 12.1 Å². The largest absolute Gasteiger partial charge is 0.416 e. The van der Waals surface area contributed by atoms with E-state index in [-0.39, 0.29) is 29.5 Å². The third-order valence-corrected chi connectivity index (χ3v) is 5.36. The molecule has 1 aliphatic heterocycles. The van der Waals surface area contributed by atoms with E-state index in [4.69, 9.17) is 11.6 Å². The summed E-state index contributed by atoms with van der Waals surface area (Å²) in [4.78, 5) is 14.4. The Hall–Kier alpha value is -2.79. The van der Waals surface area contributed by atoms with Gasteiger partial charge in [-0.15, -0.1) is 0 Å². The number of benzene rings is 3. The number of carbonyl (C=O) groups excluding carboxylic acids is 1. The summed E-state index contributed by atoms with van der Waals surface area (Å²) in [5.41, 5.74) is 0.670. The molecule has 0 saturated carbocycles. The lowest BCUT2D eigenvalue weighted by atomic mass is 9.79. The molecule has 29 heavy (non-hydrogen) atoms. The molecule has 0 aliphatic carbocycles. The minimum Gasteiger partial charge on any atom is -0.307 e. The van der Waals surface area contributed by atoms with Gasteiger partial charge in [-0.1, -0.05) is 66.7 Å². The van der Waals surface area contributed by atoms with Crippen molar-refractivity contribution in [3.8, 4) is 0 Å². The SMILES string of the molecule is C=C(Cl)CN1C(=O)CC(c2ccccc2C(F)(F)F)c2c1ccc1ccccc21. The van der Waals surface area contributed by atoms with Crippen molar-refractivity contribution in [2.75, 3.05) is 11.4 Å². The van der Waals surface area contributed by atoms with E-state index in [1.807, 2.05) is 30.3 Å². The number of nitrogens with zero attached hydrogens (tertiary/aromatic N) is 1. The highest BCUT2D eigenvalue weighted by molar-refractivity contribution is 6.30. The van der Waals surface area contributed by atoms with Crippen LogP contribution in [-0.2, 0) is 11.0 Å². The maximum atomic E-state index is 13.7. The third-order valence-electron chi connectivity index (χ3n) is 5.24. The maximum absolute atomic E-state index is 13.7. The number of fused-ring (bicyclic) bond motifs is 3. The van der Waals surface area contributed by atoms with Crippen LogP contribution in [0.25, 0.3) is 10.8 Å². The first kappa shape index (κ1) is 19.5. The van der Waals surface area contributed by atoms with Crippen molar-refractivity contribution in [3.05, 3.63) is 89.0 Å². The second-order valence-electron chi connectivity index (χ2n) is 7.06. The van der Waals surface area contributed by atoms with Gasteiger partial charge in [-0.2, -0.15) is 13.2 Å². The van der Waals surface area contributed by atoms with Crippen LogP contribution < -0.4 is 4.90 Å². The van der Waals surface area contributed by atoms with Gasteiger partial charge in [0.15, 0.2) is 0 Å². The Morgan fingerprint density at radius 3 is 2.48 bits per heavy atom. The molecule has 0 radical (unpaired) electrons. The lowest BCUT2D eigenvalue weighted by Crippen LogP contribution is -2.38. The Kier molecular flexibility index (Phi) is 4.87. The number of hydrogen-bond acceptors (Lipinski definition) is 1. The quantitative estimate of drug-likeness (QED) is 0.479. The van der Waals surface area contributed by atoms with Gasteiger partial charge in [0.2, 0.25) is 5.91 Å². The molecular formula is C23H17ClF3NO. The van der Waals surface area contributed by atoms with E-state index in [0.717, 1.165) is 16.8 Å². The van der Waals surface area contributed by atoms with Gasteiger partial charge in [-0.3, -0.25) is 4.79 Å². The van der Waals surface area contributed by atoms with E-state index in [1.54, 1.807) is 12.1 Å². The first-order valence-electron chi connectivity index (χ1n) is 9.09. The minimum atomic E-state index is -4.51. The van der Waals surface area contributed by atoms with Crippen LogP contribution in [0.1, 0.15) is 29.0 Å². The van der Waals surface area contributed by atoms with Crippen LogP contribution in [0.3, 0.4) is 0 Å². The van der Waals surface area contributed by atoms with Crippen molar-refractivity contribution < 1.29 is 18.0 Å². The fourth-order valence-corrected chi connectivity index (χ4v) is 4.20. The van der Waals surface area contributed by atoms with Gasteiger partial charge in [-0.25, -0.2) is 0 Å². The molecule has 6 heteroatoms. The zero-order chi connectivity index (χ0) is 20.8. The Balaban J connectivity index is 2.01. The van der Waals surface area contributed by atoms with Crippen LogP contribution in [-0.4, -0.2) is 12.5 Å². The summed E-state index contributed by atoms with van der Waals surface area (Å²) in [6.07, 6.45) is -4.58. The highest BCUT2D eigenvalue weighted by atomic mass is 35.5. The first-order valence-corrected chi connectivity index (χ1v) is 9.46. The van der Waals surface area contributed by atoms with Gasteiger partial charge in [0.1, 0.15) is 0 Å². The molecule has 0 bridgehead atoms. The molecule has 1 amide bonds. The topological polar surface area (TPSA) is 20.3 Å². The van der Waals surface area contributed by atoms with Crippen molar-refractivity contribution in [2.45, 2.75) is 18.5 Å². The lowest BCUT2D eigenvalue weighted by Gasteiger charge is -2.36. The molecule has 1 atom stereocenters. The van der Waals surface area contributed by atoms with Crippen molar-refractivity contribution in [2.24, 2.45) is 0 Å². The van der Waals surface area contributed by atoms with E-state index >= 15 is 0 Å². The van der Waals surface area contributed by atoms with Crippen LogP contribution in [0, 0.1) is 0 Å². The molecular weight excluding hydrogens is 399 g/mol. The van der Waals surface area contributed by atoms with Gasteiger partial charge < -0.3 is 4.90 Å². The van der Waals surface area contributed by atoms with E-state index < -0.39 is 17.7 Å². The van der Waals surface area contributed by atoms with Crippen molar-refractivity contribution >= 4 is 34.0 Å². The predicted molar refractivity (Wildman–Crippen MR) is 109 cm³/mol. The summed E-state index contributed by atoms with van der Waals surface area (Å²) >= 11 is 5.96. The van der Waals surface area contributed by atoms with E-state index in [1.165, 1.54) is 17.0 Å². The fourth-order valence-electron chi connectivity index (χ4n) is 4.08. The second kappa shape index (κ2) is 7.23. The normalized spacial score (nSPS) is 16.8. The van der Waals surface area contributed by atoms with E-state index in [9.17, 15) is 18.0 Å². The Bertz CT molecular complexity index is 1120. The highest BCUT2D eigenvalue weighted by Gasteiger charge is 2.39. The number of anilines is 1. The monoisotopic (exact) mass is 415 g/mol. The molecule has 148 valence electrons. The van der Waals surface area contributed by atoms with Gasteiger partial charge in [-0.05, 0) is 34.0 Å². The van der Waals surface area contributed by atoms with E-state index in [2.05, 4.69) is 6.58 Å². The molecule has 0 fully saturated rings. The number of hydrogen-bond donors (Lipinski definition) is 0. The summed E-state index contributed by atoms with van der Waals surface area (Å²) in [7, 11) is 0. The Labute approximate surface area is 171 Å². The molecule has 2 nitrogen and oxygen atoms in total. The van der Waals surface area contributed by atoms with Crippen molar-refractivity contribution in [1.82, 2.24) is 0 Å². The van der Waals surface area contributed by atoms with Crippen LogP contribution in [0.15, 0.2) is 72.3 Å². The van der Waals surface area contributed by atoms with Crippen molar-refractivity contribution in [1.29, 1.82) is 0 Å². The number of carbonyl (C=O) groups is 1. The second-order valence-corrected chi connectivity index (χ2v) is 7.59. The maximum Gasteiger partial charge on any atom is 0.416 e. The zero-order valence-corrected chi connectivity index (χ0v) is 16.1. The van der Waals surface area contributed by atoms with Crippen LogP contribution in [0.5, 0.6) is 0 Å². The molecule has 0 saturated heterocycles. The van der Waals surface area contributed by atoms with Gasteiger partial charge in [0, 0.05) is 23.1 Å². The summed E-state index contributed by atoms with van der Waals surface area (Å²) < 4.78 is 41.1. The molecule has 1 aliphatic rings. The molecule has 0 N–H and O–H groups in total. The fraction of sp³-hybridized carbons (Fsp3) is 0.174. The molecule has 0 spiro atoms. The Morgan fingerprint density at radius 2 is 1.76 bits per heavy atom. The zero-order valence-electron chi connectivity index (χ0n) is 15.3. The molecule has 1 unspecified atom stereocenters. The van der Waals surface area contributed by atoms with Crippen LogP contribution in [0.4, 0.5) is 18.9 Å². The first-order chi connectivity index (χ1) is 13.8. The van der Waals surface area contributed by atoms with Gasteiger partial charge >= 0.3 is 6.18 Å². The number of halogens is 4. The third kappa shape index (κ3) is 3.51. The summed E-state index contributed by atoms with van der Waals surface area (Å²) in [6.45, 7) is 3.78. The molecule has 3 aromatic carbocycles. The molecule has 0 aromatic heterocycles. The number of alkyl halides is 3. The van der Waals surface area contributed by atoms with Crippen LogP contribution >= 0.6 is 11.6 Å².